The summed E-state index contributed by atoms with van der Waals surface area (Å²) in [4.78, 5) is 2.27. The molecule has 2 aromatic heterocycles. The third kappa shape index (κ3) is 3.71. The van der Waals surface area contributed by atoms with Crippen molar-refractivity contribution in [3.05, 3.63) is 35.9 Å². The van der Waals surface area contributed by atoms with E-state index in [2.05, 4.69) is 25.8 Å². The van der Waals surface area contributed by atoms with Crippen molar-refractivity contribution in [1.82, 2.24) is 24.5 Å². The molecule has 26 heavy (non-hydrogen) atoms. The smallest absolute Gasteiger partial charge is 0.153 e. The fourth-order valence-corrected chi connectivity index (χ4v) is 5.41. The van der Waals surface area contributed by atoms with Crippen LogP contribution in [-0.2, 0) is 29.5 Å². The van der Waals surface area contributed by atoms with E-state index in [0.29, 0.717) is 6.54 Å². The molecule has 0 aromatic carbocycles. The summed E-state index contributed by atoms with van der Waals surface area (Å²) < 4.78 is 28.5. The van der Waals surface area contributed by atoms with Crippen LogP contribution >= 0.6 is 0 Å². The maximum Gasteiger partial charge on any atom is 0.153 e. The Morgan fingerprint density at radius 2 is 2.12 bits per heavy atom. The molecule has 2 aliphatic rings. The van der Waals surface area contributed by atoms with Crippen molar-refractivity contribution in [3.8, 4) is 0 Å². The molecule has 1 atom stereocenters. The lowest BCUT2D eigenvalue weighted by Crippen LogP contribution is -2.42. The maximum atomic E-state index is 12.2. The van der Waals surface area contributed by atoms with Gasteiger partial charge in [0.05, 0.1) is 29.4 Å². The molecular weight excluding hydrogens is 350 g/mol. The average Bonchev–Trinajstić information content (AvgIpc) is 3.21. The van der Waals surface area contributed by atoms with Crippen LogP contribution < -0.4 is 0 Å². The number of aromatic nitrogens is 4. The Balaban J connectivity index is 1.54. The molecule has 1 aliphatic heterocycles. The van der Waals surface area contributed by atoms with Crippen LogP contribution in [0.2, 0.25) is 0 Å². The number of hydrogen-bond donors (Lipinski definition) is 0. The lowest BCUT2D eigenvalue weighted by Gasteiger charge is -2.35. The molecule has 0 N–H and O–H groups in total. The molecule has 2 fully saturated rings. The van der Waals surface area contributed by atoms with E-state index in [1.165, 1.54) is 25.0 Å². The van der Waals surface area contributed by atoms with Crippen LogP contribution in [0.15, 0.2) is 24.7 Å². The topological polar surface area (TPSA) is 73.0 Å². The van der Waals surface area contributed by atoms with E-state index in [4.69, 9.17) is 0 Å². The van der Waals surface area contributed by atoms with Crippen LogP contribution in [-0.4, -0.2) is 50.9 Å². The van der Waals surface area contributed by atoms with Crippen LogP contribution in [0.5, 0.6) is 0 Å². The SMILES string of the molecule is CCn1cc(C2CS(=O)(=O)CCN2Cc2ccnn2CC2CCC2)cn1. The van der Waals surface area contributed by atoms with Crippen molar-refractivity contribution >= 4 is 9.84 Å². The highest BCUT2D eigenvalue weighted by Crippen LogP contribution is 2.30. The highest BCUT2D eigenvalue weighted by Gasteiger charge is 2.33. The van der Waals surface area contributed by atoms with Gasteiger partial charge in [0, 0.05) is 44.1 Å². The molecule has 2 aromatic rings. The van der Waals surface area contributed by atoms with Gasteiger partial charge in [-0.25, -0.2) is 8.42 Å². The summed E-state index contributed by atoms with van der Waals surface area (Å²) in [5, 5.41) is 8.84. The lowest BCUT2D eigenvalue weighted by molar-refractivity contribution is 0.194. The van der Waals surface area contributed by atoms with E-state index in [1.807, 2.05) is 30.2 Å². The second-order valence-corrected chi connectivity index (χ2v) is 9.76. The molecule has 1 aliphatic carbocycles. The molecule has 0 radical (unpaired) electrons. The van der Waals surface area contributed by atoms with Crippen LogP contribution in [0.25, 0.3) is 0 Å². The quantitative estimate of drug-likeness (QED) is 0.768. The van der Waals surface area contributed by atoms with Crippen LogP contribution in [0.4, 0.5) is 0 Å². The van der Waals surface area contributed by atoms with Gasteiger partial charge in [-0.3, -0.25) is 14.3 Å². The Morgan fingerprint density at radius 3 is 2.81 bits per heavy atom. The summed E-state index contributed by atoms with van der Waals surface area (Å²) in [6, 6.07) is 1.93. The highest BCUT2D eigenvalue weighted by molar-refractivity contribution is 7.91. The third-order valence-corrected chi connectivity index (χ3v) is 7.36. The Bertz CT molecular complexity index is 853. The van der Waals surface area contributed by atoms with Crippen molar-refractivity contribution in [2.24, 2.45) is 5.92 Å². The van der Waals surface area contributed by atoms with Crippen molar-refractivity contribution in [3.63, 3.8) is 0 Å². The summed E-state index contributed by atoms with van der Waals surface area (Å²) in [6.07, 6.45) is 9.56. The van der Waals surface area contributed by atoms with Gasteiger partial charge in [0.1, 0.15) is 0 Å². The monoisotopic (exact) mass is 377 g/mol. The van der Waals surface area contributed by atoms with Crippen molar-refractivity contribution in [2.75, 3.05) is 18.1 Å². The zero-order valence-electron chi connectivity index (χ0n) is 15.3. The minimum absolute atomic E-state index is 0.138. The van der Waals surface area contributed by atoms with Gasteiger partial charge in [-0.05, 0) is 31.7 Å². The molecular formula is C18H27N5O2S. The molecule has 4 rings (SSSR count). The normalized spacial score (nSPS) is 23.8. The standard InChI is InChI=1S/C18H27N5O2S/c1-2-22-12-16(10-20-22)18-14-26(24,25)9-8-21(18)13-17-6-7-19-23(17)11-15-4-3-5-15/h6-7,10,12,15,18H,2-5,8-9,11,13-14H2,1H3. The van der Waals surface area contributed by atoms with Gasteiger partial charge in [-0.2, -0.15) is 10.2 Å². The Hall–Kier alpha value is -1.67. The van der Waals surface area contributed by atoms with Gasteiger partial charge in [-0.1, -0.05) is 6.42 Å². The lowest BCUT2D eigenvalue weighted by atomic mass is 9.85. The Kier molecular flexibility index (Phi) is 4.88. The van der Waals surface area contributed by atoms with Crippen LogP contribution in [0.3, 0.4) is 0 Å². The largest absolute Gasteiger partial charge is 0.288 e. The molecule has 0 bridgehead atoms. The molecule has 0 amide bonds. The van der Waals surface area contributed by atoms with E-state index in [1.54, 1.807) is 0 Å². The number of rotatable bonds is 6. The predicted octanol–water partition coefficient (Wildman–Crippen LogP) is 1.87. The average molecular weight is 378 g/mol. The molecule has 1 unspecified atom stereocenters. The first-order valence-corrected chi connectivity index (χ1v) is 11.3. The minimum atomic E-state index is -3.01. The highest BCUT2D eigenvalue weighted by atomic mass is 32.2. The second kappa shape index (κ2) is 7.15. The van der Waals surface area contributed by atoms with Gasteiger partial charge in [0.25, 0.3) is 0 Å². The molecule has 1 saturated heterocycles. The summed E-state index contributed by atoms with van der Waals surface area (Å²) in [7, 11) is -3.01. The number of aryl methyl sites for hydroxylation is 1. The van der Waals surface area contributed by atoms with Gasteiger partial charge < -0.3 is 0 Å². The van der Waals surface area contributed by atoms with Gasteiger partial charge in [0.15, 0.2) is 9.84 Å². The predicted molar refractivity (Wildman–Crippen MR) is 99.3 cm³/mol. The molecule has 8 heteroatoms. The second-order valence-electron chi connectivity index (χ2n) is 7.53. The zero-order valence-corrected chi connectivity index (χ0v) is 16.1. The van der Waals surface area contributed by atoms with E-state index in [0.717, 1.165) is 31.1 Å². The molecule has 0 spiro atoms. The van der Waals surface area contributed by atoms with Gasteiger partial charge in [0.2, 0.25) is 0 Å². The van der Waals surface area contributed by atoms with Crippen LogP contribution in [0, 0.1) is 5.92 Å². The Morgan fingerprint density at radius 1 is 1.27 bits per heavy atom. The van der Waals surface area contributed by atoms with E-state index in [9.17, 15) is 8.42 Å². The zero-order chi connectivity index (χ0) is 18.1. The van der Waals surface area contributed by atoms with Crippen molar-refractivity contribution in [1.29, 1.82) is 0 Å². The molecule has 1 saturated carbocycles. The fourth-order valence-electron chi connectivity index (χ4n) is 3.85. The third-order valence-electron chi connectivity index (χ3n) is 5.73. The van der Waals surface area contributed by atoms with E-state index >= 15 is 0 Å². The maximum absolute atomic E-state index is 12.2. The number of nitrogens with zero attached hydrogens (tertiary/aromatic N) is 5. The minimum Gasteiger partial charge on any atom is -0.288 e. The first-order valence-electron chi connectivity index (χ1n) is 9.51. The first kappa shape index (κ1) is 17.7. The van der Waals surface area contributed by atoms with Crippen molar-refractivity contribution < 1.29 is 8.42 Å². The van der Waals surface area contributed by atoms with Crippen LogP contribution in [0.1, 0.15) is 43.5 Å². The van der Waals surface area contributed by atoms with Gasteiger partial charge in [-0.15, -0.1) is 0 Å². The summed E-state index contributed by atoms with van der Waals surface area (Å²) in [6.45, 7) is 5.08. The fraction of sp³-hybridized carbons (Fsp3) is 0.667. The number of hydrogen-bond acceptors (Lipinski definition) is 5. The first-order chi connectivity index (χ1) is 12.5. The molecule has 7 nitrogen and oxygen atoms in total. The van der Waals surface area contributed by atoms with Crippen molar-refractivity contribution in [2.45, 2.75) is 51.9 Å². The summed E-state index contributed by atoms with van der Waals surface area (Å²) >= 11 is 0. The summed E-state index contributed by atoms with van der Waals surface area (Å²) in [5.74, 6) is 1.13. The van der Waals surface area contributed by atoms with E-state index in [-0.39, 0.29) is 17.5 Å². The van der Waals surface area contributed by atoms with E-state index < -0.39 is 9.84 Å². The Labute approximate surface area is 154 Å². The van der Waals surface area contributed by atoms with Gasteiger partial charge >= 0.3 is 0 Å². The molecule has 3 heterocycles. The number of sulfone groups is 1. The molecule has 142 valence electrons. The summed E-state index contributed by atoms with van der Waals surface area (Å²) in [5.41, 5.74) is 2.16.